The Morgan fingerprint density at radius 2 is 1.60 bits per heavy atom. The molecular weight excluding hydrogens is 596 g/mol. The summed E-state index contributed by atoms with van der Waals surface area (Å²) in [5.74, 6) is -2.79. The molecule has 0 aromatic heterocycles. The fourth-order valence-corrected chi connectivity index (χ4v) is 6.58. The van der Waals surface area contributed by atoms with Gasteiger partial charge in [-0.1, -0.05) is 60.1 Å². The van der Waals surface area contributed by atoms with Crippen molar-refractivity contribution in [1.29, 1.82) is 0 Å². The molecule has 0 saturated carbocycles. The van der Waals surface area contributed by atoms with Crippen molar-refractivity contribution in [1.82, 2.24) is 4.90 Å². The Labute approximate surface area is 243 Å². The normalized spacial score (nSPS) is 23.1. The second-order valence-corrected chi connectivity index (χ2v) is 11.0. The summed E-state index contributed by atoms with van der Waals surface area (Å²) in [4.78, 5) is 58.1. The highest BCUT2D eigenvalue weighted by atomic mass is 79.9. The largest absolute Gasteiger partial charge is 0.496 e. The summed E-state index contributed by atoms with van der Waals surface area (Å²) in [6.45, 7) is 0. The van der Waals surface area contributed by atoms with Crippen molar-refractivity contribution in [3.63, 3.8) is 0 Å². The Morgan fingerprint density at radius 1 is 0.900 bits per heavy atom. The molecule has 0 N–H and O–H groups in total. The van der Waals surface area contributed by atoms with E-state index >= 15 is 0 Å². The zero-order valence-corrected chi connectivity index (χ0v) is 23.5. The number of hydrogen-bond acceptors (Lipinski definition) is 6. The minimum absolute atomic E-state index is 0.207. The maximum atomic E-state index is 14.1. The number of hydrogen-bond donors (Lipinski definition) is 0. The van der Waals surface area contributed by atoms with Gasteiger partial charge in [-0.05, 0) is 52.3 Å². The molecule has 4 atom stereocenters. The SMILES string of the molecule is COc1ccc(C(=O)[C@H]2[C@H]3C(=O)N(c4ccccc4Cl)C(=O)[C@@H]3[C@H]3C=C(C(=O)c4ccccc4)C=CN32)cc1Br. The van der Waals surface area contributed by atoms with E-state index in [1.54, 1.807) is 90.0 Å². The van der Waals surface area contributed by atoms with Crippen LogP contribution in [0, 0.1) is 11.8 Å². The van der Waals surface area contributed by atoms with Gasteiger partial charge in [-0.2, -0.15) is 0 Å². The number of halogens is 2. The lowest BCUT2D eigenvalue weighted by Gasteiger charge is -2.33. The number of carbonyl (C=O) groups is 4. The smallest absolute Gasteiger partial charge is 0.240 e. The van der Waals surface area contributed by atoms with Crippen molar-refractivity contribution in [2.45, 2.75) is 12.1 Å². The fraction of sp³-hybridized carbons (Fsp3) is 0.161. The van der Waals surface area contributed by atoms with Crippen LogP contribution >= 0.6 is 27.5 Å². The van der Waals surface area contributed by atoms with Gasteiger partial charge in [-0.25, -0.2) is 4.90 Å². The molecule has 0 aliphatic carbocycles. The van der Waals surface area contributed by atoms with Crippen LogP contribution in [-0.2, 0) is 9.59 Å². The molecule has 3 aliphatic heterocycles. The molecule has 0 bridgehead atoms. The standard InChI is InChI=1S/C31H22BrClN2O5/c1-40-24-12-11-18(15-20(24)32)29(37)27-26-25(30(38)35(31(26)39)22-10-6-5-9-21(22)33)23-16-19(13-14-34(23)27)28(36)17-7-3-2-4-8-17/h2-16,23,25-27H,1H3/t23-,25-,26+,27-/m1/s1. The van der Waals surface area contributed by atoms with Crippen LogP contribution in [0.2, 0.25) is 5.02 Å². The van der Waals surface area contributed by atoms with Gasteiger partial charge in [0.1, 0.15) is 11.8 Å². The molecule has 3 heterocycles. The van der Waals surface area contributed by atoms with Crippen molar-refractivity contribution in [2.24, 2.45) is 11.8 Å². The van der Waals surface area contributed by atoms with Gasteiger partial charge < -0.3 is 9.64 Å². The second kappa shape index (κ2) is 10.2. The number of fused-ring (bicyclic) bond motifs is 3. The van der Waals surface area contributed by atoms with E-state index in [0.717, 1.165) is 4.90 Å². The van der Waals surface area contributed by atoms with Crippen molar-refractivity contribution < 1.29 is 23.9 Å². The number of allylic oxidation sites excluding steroid dienone is 2. The van der Waals surface area contributed by atoms with Gasteiger partial charge in [-0.15, -0.1) is 0 Å². The summed E-state index contributed by atoms with van der Waals surface area (Å²) in [5.41, 5.74) is 1.53. The van der Waals surface area contributed by atoms with Crippen LogP contribution in [0.15, 0.2) is 101 Å². The first-order valence-electron chi connectivity index (χ1n) is 12.6. The Balaban J connectivity index is 1.44. The zero-order valence-electron chi connectivity index (χ0n) is 21.2. The maximum Gasteiger partial charge on any atom is 0.240 e. The van der Waals surface area contributed by atoms with Crippen LogP contribution in [-0.4, -0.2) is 47.5 Å². The molecule has 0 radical (unpaired) electrons. The first-order valence-corrected chi connectivity index (χ1v) is 13.8. The first kappa shape index (κ1) is 26.2. The quantitative estimate of drug-likeness (QED) is 0.269. The van der Waals surface area contributed by atoms with E-state index in [9.17, 15) is 19.2 Å². The molecule has 6 rings (SSSR count). The summed E-state index contributed by atoms with van der Waals surface area (Å²) >= 11 is 9.82. The summed E-state index contributed by atoms with van der Waals surface area (Å²) < 4.78 is 5.89. The highest BCUT2D eigenvalue weighted by Crippen LogP contribution is 2.48. The van der Waals surface area contributed by atoms with Gasteiger partial charge >= 0.3 is 0 Å². The molecule has 2 amide bonds. The highest BCUT2D eigenvalue weighted by Gasteiger charge is 2.63. The number of anilines is 1. The summed E-state index contributed by atoms with van der Waals surface area (Å²) in [6.07, 6.45) is 4.99. The number of carbonyl (C=O) groups excluding carboxylic acids is 4. The number of methoxy groups -OCH3 is 1. The second-order valence-electron chi connectivity index (χ2n) is 9.74. The fourth-order valence-electron chi connectivity index (χ4n) is 5.81. The lowest BCUT2D eigenvalue weighted by atomic mass is 9.85. The number of rotatable bonds is 6. The van der Waals surface area contributed by atoms with E-state index in [1.165, 1.54) is 7.11 Å². The molecule has 7 nitrogen and oxygen atoms in total. The van der Waals surface area contributed by atoms with Crippen molar-refractivity contribution in [3.05, 3.63) is 117 Å². The molecule has 9 heteroatoms. The van der Waals surface area contributed by atoms with E-state index in [2.05, 4.69) is 15.9 Å². The third-order valence-corrected chi connectivity index (χ3v) is 8.58. The number of nitrogens with zero attached hydrogens (tertiary/aromatic N) is 2. The minimum atomic E-state index is -0.978. The lowest BCUT2D eigenvalue weighted by Crippen LogP contribution is -2.46. The van der Waals surface area contributed by atoms with Gasteiger partial charge in [-0.3, -0.25) is 19.2 Å². The number of imide groups is 1. The zero-order chi connectivity index (χ0) is 28.1. The molecule has 0 spiro atoms. The van der Waals surface area contributed by atoms with Crippen LogP contribution in [0.4, 0.5) is 5.69 Å². The molecular formula is C31H22BrClN2O5. The molecule has 40 heavy (non-hydrogen) atoms. The van der Waals surface area contributed by atoms with Gasteiger partial charge in [0.05, 0.1) is 40.2 Å². The molecule has 3 aromatic carbocycles. The molecule has 2 fully saturated rings. The number of ketones is 2. The van der Waals surface area contributed by atoms with Crippen LogP contribution in [0.3, 0.4) is 0 Å². The number of Topliss-reactive ketones (excluding diaryl/α,β-unsaturated/α-hetero) is 2. The maximum absolute atomic E-state index is 14.1. The van der Waals surface area contributed by atoms with E-state index in [1.807, 2.05) is 6.07 Å². The van der Waals surface area contributed by atoms with Gasteiger partial charge in [0.15, 0.2) is 11.6 Å². The van der Waals surface area contributed by atoms with Crippen LogP contribution < -0.4 is 9.64 Å². The Bertz CT molecular complexity index is 1640. The third kappa shape index (κ3) is 4.10. The van der Waals surface area contributed by atoms with Gasteiger partial charge in [0.25, 0.3) is 0 Å². The van der Waals surface area contributed by atoms with E-state index in [4.69, 9.17) is 16.3 Å². The Hall–Kier alpha value is -4.01. The topological polar surface area (TPSA) is 84.0 Å². The van der Waals surface area contributed by atoms with Gasteiger partial charge in [0, 0.05) is 22.9 Å². The summed E-state index contributed by atoms with van der Waals surface area (Å²) in [7, 11) is 1.53. The Kier molecular flexibility index (Phi) is 6.68. The van der Waals surface area contributed by atoms with Crippen LogP contribution in [0.25, 0.3) is 0 Å². The monoisotopic (exact) mass is 616 g/mol. The van der Waals surface area contributed by atoms with E-state index < -0.39 is 35.7 Å². The van der Waals surface area contributed by atoms with Crippen molar-refractivity contribution >= 4 is 56.6 Å². The average molecular weight is 618 g/mol. The van der Waals surface area contributed by atoms with E-state index in [0.29, 0.717) is 26.9 Å². The number of para-hydroxylation sites is 1. The number of amides is 2. The van der Waals surface area contributed by atoms with Crippen LogP contribution in [0.5, 0.6) is 5.75 Å². The van der Waals surface area contributed by atoms with Crippen molar-refractivity contribution in [3.8, 4) is 5.75 Å². The first-order chi connectivity index (χ1) is 19.3. The predicted molar refractivity (Wildman–Crippen MR) is 153 cm³/mol. The highest BCUT2D eigenvalue weighted by molar-refractivity contribution is 9.10. The number of ether oxygens (including phenoxy) is 1. The Morgan fingerprint density at radius 3 is 2.30 bits per heavy atom. The number of benzene rings is 3. The predicted octanol–water partition coefficient (Wildman–Crippen LogP) is 5.49. The van der Waals surface area contributed by atoms with Crippen LogP contribution in [0.1, 0.15) is 20.7 Å². The molecule has 0 unspecified atom stereocenters. The van der Waals surface area contributed by atoms with Crippen molar-refractivity contribution in [2.75, 3.05) is 12.0 Å². The molecule has 3 aromatic rings. The molecule has 2 saturated heterocycles. The summed E-state index contributed by atoms with van der Waals surface area (Å²) in [6, 6.07) is 18.7. The van der Waals surface area contributed by atoms with Gasteiger partial charge in [0.2, 0.25) is 11.8 Å². The third-order valence-electron chi connectivity index (χ3n) is 7.64. The lowest BCUT2D eigenvalue weighted by molar-refractivity contribution is -0.123. The average Bonchev–Trinajstić information content (AvgIpc) is 3.44. The minimum Gasteiger partial charge on any atom is -0.496 e. The van der Waals surface area contributed by atoms with E-state index in [-0.39, 0.29) is 22.3 Å². The molecule has 200 valence electrons. The summed E-state index contributed by atoms with van der Waals surface area (Å²) in [5, 5.41) is 0.252. The molecule has 3 aliphatic rings.